The third-order valence-electron chi connectivity index (χ3n) is 2.34. The molecule has 1 aliphatic rings. The molecule has 0 saturated carbocycles. The van der Waals surface area contributed by atoms with Crippen molar-refractivity contribution in [3.8, 4) is 5.75 Å². The molecule has 0 spiro atoms. The fourth-order valence-corrected chi connectivity index (χ4v) is 1.88. The summed E-state index contributed by atoms with van der Waals surface area (Å²) in [6.07, 6.45) is -0.163. The molecular formula is C10H12BrNO2. The highest BCUT2D eigenvalue weighted by Gasteiger charge is 2.25. The summed E-state index contributed by atoms with van der Waals surface area (Å²) < 4.78 is 6.63. The lowest BCUT2D eigenvalue weighted by Crippen LogP contribution is -2.41. The molecule has 76 valence electrons. The Morgan fingerprint density at radius 2 is 2.36 bits per heavy atom. The van der Waals surface area contributed by atoms with E-state index < -0.39 is 0 Å². The molecule has 0 aromatic heterocycles. The summed E-state index contributed by atoms with van der Waals surface area (Å²) in [4.78, 5) is 0. The average Bonchev–Trinajstić information content (AvgIpc) is 2.16. The van der Waals surface area contributed by atoms with Crippen LogP contribution in [0.4, 0.5) is 5.69 Å². The quantitative estimate of drug-likeness (QED) is 0.809. The van der Waals surface area contributed by atoms with E-state index in [4.69, 9.17) is 9.84 Å². The third kappa shape index (κ3) is 1.72. The summed E-state index contributed by atoms with van der Waals surface area (Å²) in [7, 11) is 0. The fourth-order valence-electron chi connectivity index (χ4n) is 1.52. The molecule has 0 radical (unpaired) electrons. The number of anilines is 1. The fraction of sp³-hybridized carbons (Fsp3) is 0.400. The smallest absolute Gasteiger partial charge is 0.143 e. The van der Waals surface area contributed by atoms with Gasteiger partial charge in [0.05, 0.1) is 18.3 Å². The van der Waals surface area contributed by atoms with Gasteiger partial charge in [0, 0.05) is 4.47 Å². The first-order valence-corrected chi connectivity index (χ1v) is 5.33. The maximum absolute atomic E-state index is 9.07. The molecule has 2 N–H and O–H groups in total. The zero-order valence-electron chi connectivity index (χ0n) is 7.83. The number of hydrogen-bond acceptors (Lipinski definition) is 3. The zero-order chi connectivity index (χ0) is 10.1. The molecule has 2 rings (SSSR count). The predicted molar refractivity (Wildman–Crippen MR) is 58.7 cm³/mol. The maximum atomic E-state index is 9.07. The summed E-state index contributed by atoms with van der Waals surface area (Å²) in [5.41, 5.74) is 0.969. The van der Waals surface area contributed by atoms with Crippen molar-refractivity contribution in [3.63, 3.8) is 0 Å². The van der Waals surface area contributed by atoms with Crippen LogP contribution in [-0.2, 0) is 0 Å². The number of fused-ring (bicyclic) bond motifs is 1. The summed E-state index contributed by atoms with van der Waals surface area (Å²) in [5.74, 6) is 0.797. The lowest BCUT2D eigenvalue weighted by Gasteiger charge is -2.31. The van der Waals surface area contributed by atoms with E-state index in [-0.39, 0.29) is 18.8 Å². The van der Waals surface area contributed by atoms with Crippen LogP contribution in [0.2, 0.25) is 0 Å². The molecule has 14 heavy (non-hydrogen) atoms. The largest absolute Gasteiger partial charge is 0.484 e. The van der Waals surface area contributed by atoms with Gasteiger partial charge in [-0.15, -0.1) is 0 Å². The van der Waals surface area contributed by atoms with Gasteiger partial charge in [0.2, 0.25) is 0 Å². The van der Waals surface area contributed by atoms with Crippen LogP contribution in [-0.4, -0.2) is 23.9 Å². The number of hydrogen-bond donors (Lipinski definition) is 2. The Hall–Kier alpha value is -0.740. The number of benzene rings is 1. The van der Waals surface area contributed by atoms with Crippen molar-refractivity contribution in [1.82, 2.24) is 0 Å². The molecule has 2 unspecified atom stereocenters. The van der Waals surface area contributed by atoms with Crippen LogP contribution in [0.3, 0.4) is 0 Å². The van der Waals surface area contributed by atoms with Crippen molar-refractivity contribution < 1.29 is 9.84 Å². The molecule has 3 nitrogen and oxygen atoms in total. The second kappa shape index (κ2) is 3.79. The normalized spacial score (nSPS) is 24.8. The van der Waals surface area contributed by atoms with Crippen molar-refractivity contribution in [2.45, 2.75) is 19.1 Å². The first-order chi connectivity index (χ1) is 6.70. The van der Waals surface area contributed by atoms with E-state index >= 15 is 0 Å². The second-order valence-electron chi connectivity index (χ2n) is 3.41. The Bertz CT molecular complexity index is 343. The number of rotatable bonds is 1. The van der Waals surface area contributed by atoms with Gasteiger partial charge in [0.25, 0.3) is 0 Å². The number of halogens is 1. The van der Waals surface area contributed by atoms with Gasteiger partial charge in [-0.25, -0.2) is 0 Å². The van der Waals surface area contributed by atoms with E-state index in [2.05, 4.69) is 21.2 Å². The van der Waals surface area contributed by atoms with Crippen LogP contribution >= 0.6 is 15.9 Å². The van der Waals surface area contributed by atoms with Gasteiger partial charge in [0.15, 0.2) is 0 Å². The maximum Gasteiger partial charge on any atom is 0.143 e. The molecule has 4 heteroatoms. The molecule has 0 bridgehead atoms. The van der Waals surface area contributed by atoms with Crippen LogP contribution in [0.5, 0.6) is 5.75 Å². The number of aliphatic hydroxyl groups is 1. The van der Waals surface area contributed by atoms with E-state index in [1.165, 1.54) is 0 Å². The molecule has 1 aromatic rings. The molecular weight excluding hydrogens is 246 g/mol. The zero-order valence-corrected chi connectivity index (χ0v) is 9.41. The SMILES string of the molecule is CC1Nc2cc(Br)ccc2OC1CO. The van der Waals surface area contributed by atoms with Crippen molar-refractivity contribution >= 4 is 21.6 Å². The van der Waals surface area contributed by atoms with Crippen LogP contribution in [0.15, 0.2) is 22.7 Å². The first-order valence-electron chi connectivity index (χ1n) is 4.54. The summed E-state index contributed by atoms with van der Waals surface area (Å²) >= 11 is 3.40. The Morgan fingerprint density at radius 3 is 3.07 bits per heavy atom. The monoisotopic (exact) mass is 257 g/mol. The minimum atomic E-state index is -0.163. The Labute approximate surface area is 91.2 Å². The van der Waals surface area contributed by atoms with Crippen LogP contribution in [0.1, 0.15) is 6.92 Å². The predicted octanol–water partition coefficient (Wildman–Crippen LogP) is 2.00. The summed E-state index contributed by atoms with van der Waals surface area (Å²) in [6.45, 7) is 2.02. The Kier molecular flexibility index (Phi) is 2.65. The van der Waals surface area contributed by atoms with E-state index in [1.54, 1.807) is 0 Å². The van der Waals surface area contributed by atoms with Gasteiger partial charge in [-0.1, -0.05) is 15.9 Å². The minimum absolute atomic E-state index is 0.0314. The van der Waals surface area contributed by atoms with Gasteiger partial charge in [0.1, 0.15) is 11.9 Å². The van der Waals surface area contributed by atoms with Crippen molar-refractivity contribution in [2.24, 2.45) is 0 Å². The lowest BCUT2D eigenvalue weighted by atomic mass is 10.1. The van der Waals surface area contributed by atoms with Crippen LogP contribution in [0, 0.1) is 0 Å². The molecule has 1 heterocycles. The summed E-state index contributed by atoms with van der Waals surface area (Å²) in [6, 6.07) is 5.91. The highest BCUT2D eigenvalue weighted by atomic mass is 79.9. The molecule has 0 aliphatic carbocycles. The second-order valence-corrected chi connectivity index (χ2v) is 4.33. The van der Waals surface area contributed by atoms with Crippen molar-refractivity contribution in [1.29, 1.82) is 0 Å². The standard InChI is InChI=1S/C10H12BrNO2/c1-6-10(5-13)14-9-3-2-7(11)4-8(9)12-6/h2-4,6,10,12-13H,5H2,1H3. The highest BCUT2D eigenvalue weighted by Crippen LogP contribution is 2.33. The van der Waals surface area contributed by atoms with Crippen LogP contribution in [0.25, 0.3) is 0 Å². The average molecular weight is 258 g/mol. The minimum Gasteiger partial charge on any atom is -0.484 e. The molecule has 1 aliphatic heterocycles. The Morgan fingerprint density at radius 1 is 1.57 bits per heavy atom. The number of aliphatic hydroxyl groups excluding tert-OH is 1. The number of ether oxygens (including phenoxy) is 1. The van der Waals surface area contributed by atoms with Crippen molar-refractivity contribution in [3.05, 3.63) is 22.7 Å². The van der Waals surface area contributed by atoms with E-state index in [0.29, 0.717) is 0 Å². The van der Waals surface area contributed by atoms with Gasteiger partial charge in [-0.2, -0.15) is 0 Å². The summed E-state index contributed by atoms with van der Waals surface area (Å²) in [5, 5.41) is 12.4. The lowest BCUT2D eigenvalue weighted by molar-refractivity contribution is 0.0977. The molecule has 2 atom stereocenters. The molecule has 0 amide bonds. The van der Waals surface area contributed by atoms with Gasteiger partial charge in [-0.3, -0.25) is 0 Å². The highest BCUT2D eigenvalue weighted by molar-refractivity contribution is 9.10. The third-order valence-corrected chi connectivity index (χ3v) is 2.83. The van der Waals surface area contributed by atoms with Gasteiger partial charge < -0.3 is 15.2 Å². The van der Waals surface area contributed by atoms with E-state index in [0.717, 1.165) is 15.9 Å². The van der Waals surface area contributed by atoms with E-state index in [9.17, 15) is 0 Å². The molecule has 0 saturated heterocycles. The van der Waals surface area contributed by atoms with E-state index in [1.807, 2.05) is 25.1 Å². The van der Waals surface area contributed by atoms with Gasteiger partial charge >= 0.3 is 0 Å². The number of nitrogens with one attached hydrogen (secondary N) is 1. The van der Waals surface area contributed by atoms with Crippen LogP contribution < -0.4 is 10.1 Å². The first kappa shape index (κ1) is 9.80. The van der Waals surface area contributed by atoms with Crippen molar-refractivity contribution in [2.75, 3.05) is 11.9 Å². The molecule has 0 fully saturated rings. The Balaban J connectivity index is 2.30. The topological polar surface area (TPSA) is 41.5 Å². The van der Waals surface area contributed by atoms with Gasteiger partial charge in [-0.05, 0) is 25.1 Å². The molecule has 1 aromatic carbocycles.